The lowest BCUT2D eigenvalue weighted by atomic mass is 10.1. The van der Waals surface area contributed by atoms with Crippen LogP contribution in [0.1, 0.15) is 29.2 Å². The number of nitrogens with one attached hydrogen (secondary N) is 1. The maximum absolute atomic E-state index is 13.1. The number of rotatable bonds is 10. The van der Waals surface area contributed by atoms with Crippen LogP contribution < -0.4 is 14.8 Å². The molecular weight excluding hydrogens is 580 g/mol. The van der Waals surface area contributed by atoms with Gasteiger partial charge in [0.2, 0.25) is 11.7 Å². The summed E-state index contributed by atoms with van der Waals surface area (Å²) in [4.78, 5) is 60.4. The van der Waals surface area contributed by atoms with Crippen LogP contribution in [-0.4, -0.2) is 45.0 Å². The third kappa shape index (κ3) is 6.98. The summed E-state index contributed by atoms with van der Waals surface area (Å²) >= 11 is 0.684. The van der Waals surface area contributed by atoms with E-state index in [0.717, 1.165) is 39.8 Å². The quantitative estimate of drug-likeness (QED) is 0.157. The van der Waals surface area contributed by atoms with Gasteiger partial charge in [-0.25, -0.2) is 0 Å². The standard InChI is InChI=1S/C29H26N4O9S/c1-5-41-24-12-19(6-8-23(24)42-22-9-7-20(32(37)38)14-21(22)33(39)40)13-25-28(35)31(29(36)43-25)15-26(34)30-27-17(3)10-16(2)11-18(27)4/h6-14H,5,15H2,1-4H3,(H,30,34)/b25-13+. The molecule has 1 saturated heterocycles. The number of aryl methyl sites for hydroxylation is 3. The van der Waals surface area contributed by atoms with E-state index in [9.17, 15) is 34.6 Å². The van der Waals surface area contributed by atoms with Gasteiger partial charge in [-0.05, 0) is 80.4 Å². The average molecular weight is 607 g/mol. The number of thioether (sulfide) groups is 1. The molecule has 0 aliphatic carbocycles. The zero-order valence-corrected chi connectivity index (χ0v) is 24.4. The molecule has 222 valence electrons. The number of nitro groups is 2. The highest BCUT2D eigenvalue weighted by atomic mass is 32.2. The first-order chi connectivity index (χ1) is 20.4. The monoisotopic (exact) mass is 606 g/mol. The normalized spacial score (nSPS) is 13.8. The van der Waals surface area contributed by atoms with Crippen molar-refractivity contribution in [1.82, 2.24) is 4.90 Å². The third-order valence-electron chi connectivity index (χ3n) is 6.25. The summed E-state index contributed by atoms with van der Waals surface area (Å²) in [7, 11) is 0. The molecule has 43 heavy (non-hydrogen) atoms. The van der Waals surface area contributed by atoms with Crippen LogP contribution in [0.25, 0.3) is 6.08 Å². The smallest absolute Gasteiger partial charge is 0.318 e. The van der Waals surface area contributed by atoms with Crippen LogP contribution in [0.15, 0.2) is 53.4 Å². The summed E-state index contributed by atoms with van der Waals surface area (Å²) in [5, 5.41) is 24.7. The van der Waals surface area contributed by atoms with Crippen molar-refractivity contribution in [3.8, 4) is 17.2 Å². The van der Waals surface area contributed by atoms with Crippen molar-refractivity contribution >= 4 is 52.0 Å². The van der Waals surface area contributed by atoms with Gasteiger partial charge >= 0.3 is 5.69 Å². The van der Waals surface area contributed by atoms with Gasteiger partial charge in [0.05, 0.1) is 27.4 Å². The van der Waals surface area contributed by atoms with E-state index in [-0.39, 0.29) is 28.8 Å². The summed E-state index contributed by atoms with van der Waals surface area (Å²) in [5.41, 5.74) is 2.78. The number of non-ortho nitro benzene ring substituents is 1. The molecule has 1 aliphatic rings. The number of hydrogen-bond acceptors (Lipinski definition) is 10. The van der Waals surface area contributed by atoms with Gasteiger partial charge in [-0.2, -0.15) is 0 Å². The molecule has 1 heterocycles. The van der Waals surface area contributed by atoms with Crippen molar-refractivity contribution in [3.63, 3.8) is 0 Å². The van der Waals surface area contributed by atoms with E-state index in [2.05, 4.69) is 5.32 Å². The van der Waals surface area contributed by atoms with E-state index in [1.54, 1.807) is 13.0 Å². The van der Waals surface area contributed by atoms with Gasteiger partial charge in [0.1, 0.15) is 6.54 Å². The molecule has 3 aromatic carbocycles. The Hall–Kier alpha value is -5.24. The Balaban J connectivity index is 1.53. The molecular formula is C29H26N4O9S. The van der Waals surface area contributed by atoms with Crippen molar-refractivity contribution in [2.45, 2.75) is 27.7 Å². The highest BCUT2D eigenvalue weighted by Gasteiger charge is 2.36. The van der Waals surface area contributed by atoms with E-state index in [1.165, 1.54) is 18.2 Å². The highest BCUT2D eigenvalue weighted by molar-refractivity contribution is 8.18. The molecule has 0 aromatic heterocycles. The van der Waals surface area contributed by atoms with Gasteiger partial charge in [0.15, 0.2) is 11.5 Å². The predicted molar refractivity (Wildman–Crippen MR) is 159 cm³/mol. The minimum absolute atomic E-state index is 0.0856. The van der Waals surface area contributed by atoms with Crippen LogP contribution in [0.3, 0.4) is 0 Å². The van der Waals surface area contributed by atoms with Crippen molar-refractivity contribution in [1.29, 1.82) is 0 Å². The number of anilines is 1. The number of nitrogens with zero attached hydrogens (tertiary/aromatic N) is 3. The fourth-order valence-corrected chi connectivity index (χ4v) is 5.26. The fourth-order valence-electron chi connectivity index (χ4n) is 4.42. The summed E-state index contributed by atoms with van der Waals surface area (Å²) in [6, 6.07) is 11.3. The molecule has 3 amide bonds. The molecule has 14 heteroatoms. The molecule has 13 nitrogen and oxygen atoms in total. The van der Waals surface area contributed by atoms with Gasteiger partial charge in [-0.15, -0.1) is 0 Å². The molecule has 4 rings (SSSR count). The number of benzene rings is 3. The Bertz CT molecular complexity index is 1680. The number of carbonyl (C=O) groups is 3. The fraction of sp³-hybridized carbons (Fsp3) is 0.207. The van der Waals surface area contributed by atoms with Gasteiger partial charge < -0.3 is 14.8 Å². The number of ether oxygens (including phenoxy) is 2. The number of hydrogen-bond donors (Lipinski definition) is 1. The third-order valence-corrected chi connectivity index (χ3v) is 7.16. The van der Waals surface area contributed by atoms with Crippen LogP contribution in [0, 0.1) is 41.0 Å². The molecule has 0 unspecified atom stereocenters. The molecule has 0 spiro atoms. The molecule has 3 aromatic rings. The van der Waals surface area contributed by atoms with E-state index < -0.39 is 44.8 Å². The summed E-state index contributed by atoms with van der Waals surface area (Å²) in [6.45, 7) is 7.12. The van der Waals surface area contributed by atoms with Crippen molar-refractivity contribution in [2.75, 3.05) is 18.5 Å². The first kappa shape index (κ1) is 30.7. The zero-order chi connectivity index (χ0) is 31.4. The number of imide groups is 1. The maximum atomic E-state index is 13.1. The van der Waals surface area contributed by atoms with Gasteiger partial charge in [0, 0.05) is 11.8 Å². The SMILES string of the molecule is CCOc1cc(/C=C2/SC(=O)N(CC(=O)Nc3c(C)cc(C)cc3C)C2=O)ccc1Oc1ccc([N+](=O)[O-])cc1[N+](=O)[O-]. The Morgan fingerprint density at radius 1 is 0.953 bits per heavy atom. The van der Waals surface area contributed by atoms with Crippen LogP contribution in [0.5, 0.6) is 17.2 Å². The number of carbonyl (C=O) groups excluding carboxylic acids is 3. The molecule has 1 aliphatic heterocycles. The molecule has 1 fully saturated rings. The highest BCUT2D eigenvalue weighted by Crippen LogP contribution is 2.40. The molecule has 0 saturated carbocycles. The Labute approximate surface area is 249 Å². The van der Waals surface area contributed by atoms with E-state index in [0.29, 0.717) is 23.0 Å². The lowest BCUT2D eigenvalue weighted by Crippen LogP contribution is -2.36. The summed E-state index contributed by atoms with van der Waals surface area (Å²) in [6.07, 6.45) is 1.46. The topological polar surface area (TPSA) is 171 Å². The van der Waals surface area contributed by atoms with Crippen molar-refractivity contribution < 1.29 is 33.7 Å². The van der Waals surface area contributed by atoms with E-state index in [4.69, 9.17) is 9.47 Å². The van der Waals surface area contributed by atoms with Crippen LogP contribution >= 0.6 is 11.8 Å². The molecule has 0 bridgehead atoms. The molecule has 0 atom stereocenters. The van der Waals surface area contributed by atoms with Crippen molar-refractivity contribution in [3.05, 3.63) is 95.9 Å². The summed E-state index contributed by atoms with van der Waals surface area (Å²) in [5.74, 6) is -1.13. The van der Waals surface area contributed by atoms with E-state index >= 15 is 0 Å². The zero-order valence-electron chi connectivity index (χ0n) is 23.5. The Kier molecular flexibility index (Phi) is 9.09. The number of nitro benzene ring substituents is 2. The first-order valence-corrected chi connectivity index (χ1v) is 13.7. The second-order valence-corrected chi connectivity index (χ2v) is 10.5. The minimum atomic E-state index is -0.795. The first-order valence-electron chi connectivity index (χ1n) is 12.9. The minimum Gasteiger partial charge on any atom is -0.490 e. The van der Waals surface area contributed by atoms with Crippen LogP contribution in [-0.2, 0) is 9.59 Å². The molecule has 1 N–H and O–H groups in total. The second-order valence-electron chi connectivity index (χ2n) is 9.50. The van der Waals surface area contributed by atoms with E-state index in [1.807, 2.05) is 32.9 Å². The van der Waals surface area contributed by atoms with Crippen LogP contribution in [0.4, 0.5) is 21.9 Å². The molecule has 0 radical (unpaired) electrons. The largest absolute Gasteiger partial charge is 0.490 e. The van der Waals surface area contributed by atoms with Crippen molar-refractivity contribution in [2.24, 2.45) is 0 Å². The predicted octanol–water partition coefficient (Wildman–Crippen LogP) is 6.29. The summed E-state index contributed by atoms with van der Waals surface area (Å²) < 4.78 is 11.3. The van der Waals surface area contributed by atoms with Gasteiger partial charge in [-0.1, -0.05) is 23.8 Å². The maximum Gasteiger partial charge on any atom is 0.318 e. The Morgan fingerprint density at radius 2 is 1.63 bits per heavy atom. The average Bonchev–Trinajstić information content (AvgIpc) is 3.19. The van der Waals surface area contributed by atoms with Gasteiger partial charge in [-0.3, -0.25) is 39.5 Å². The lowest BCUT2D eigenvalue weighted by molar-refractivity contribution is -0.394. The van der Waals surface area contributed by atoms with Crippen LogP contribution in [0.2, 0.25) is 0 Å². The Morgan fingerprint density at radius 3 is 2.26 bits per heavy atom. The second kappa shape index (κ2) is 12.7. The lowest BCUT2D eigenvalue weighted by Gasteiger charge is -2.16. The number of amides is 3. The van der Waals surface area contributed by atoms with Gasteiger partial charge in [0.25, 0.3) is 16.8 Å².